The van der Waals surface area contributed by atoms with Crippen LogP contribution in [0.2, 0.25) is 0 Å². The highest BCUT2D eigenvalue weighted by molar-refractivity contribution is 5.42. The van der Waals surface area contributed by atoms with Crippen molar-refractivity contribution in [2.24, 2.45) is 0 Å². The summed E-state index contributed by atoms with van der Waals surface area (Å²) in [7, 11) is 0. The lowest BCUT2D eigenvalue weighted by atomic mass is 9.97. The van der Waals surface area contributed by atoms with Gasteiger partial charge in [-0.15, -0.1) is 0 Å². The summed E-state index contributed by atoms with van der Waals surface area (Å²) in [6.07, 6.45) is 2.57. The van der Waals surface area contributed by atoms with Gasteiger partial charge in [-0.05, 0) is 49.8 Å². The molecular weight excluding hydrogens is 200 g/mol. The minimum Gasteiger partial charge on any atom is -0.494 e. The van der Waals surface area contributed by atoms with Crippen LogP contribution in [0.1, 0.15) is 42.7 Å². The number of aliphatic hydroxyl groups excluding tert-OH is 1. The third-order valence-corrected chi connectivity index (χ3v) is 3.04. The molecule has 0 spiro atoms. The van der Waals surface area contributed by atoms with Crippen LogP contribution in [0.15, 0.2) is 18.2 Å². The van der Waals surface area contributed by atoms with Gasteiger partial charge in [-0.25, -0.2) is 0 Å². The first kappa shape index (κ1) is 11.5. The Kier molecular flexibility index (Phi) is 3.49. The lowest BCUT2D eigenvalue weighted by molar-refractivity contribution is 0.276. The number of rotatable bonds is 5. The van der Waals surface area contributed by atoms with Crippen LogP contribution < -0.4 is 4.74 Å². The minimum absolute atomic E-state index is 0.0637. The highest BCUT2D eigenvalue weighted by Crippen LogP contribution is 2.42. The van der Waals surface area contributed by atoms with Crippen molar-refractivity contribution in [3.05, 3.63) is 36.2 Å². The zero-order chi connectivity index (χ0) is 11.5. The molecule has 87 valence electrons. The summed E-state index contributed by atoms with van der Waals surface area (Å²) in [5.41, 5.74) is 2.40. The van der Waals surface area contributed by atoms with Crippen LogP contribution >= 0.6 is 0 Å². The first-order valence-corrected chi connectivity index (χ1v) is 5.96. The molecule has 1 aliphatic rings. The second-order valence-electron chi connectivity index (χ2n) is 4.38. The van der Waals surface area contributed by atoms with Gasteiger partial charge in [0.2, 0.25) is 0 Å². The normalized spacial score (nSPS) is 17.2. The first-order valence-electron chi connectivity index (χ1n) is 5.96. The standard InChI is InChI=1S/C14H19O2/c1-3-16-14-7-6-12(11-4-5-11)8-13(14)10(2)9-15/h6-8,10-11,15H,2-5,9H2,1H3. The van der Waals surface area contributed by atoms with E-state index in [1.807, 2.05) is 13.0 Å². The van der Waals surface area contributed by atoms with E-state index in [-0.39, 0.29) is 12.5 Å². The lowest BCUT2D eigenvalue weighted by Crippen LogP contribution is -2.04. The number of ether oxygens (including phenoxy) is 1. The van der Waals surface area contributed by atoms with E-state index in [1.165, 1.54) is 18.4 Å². The molecule has 0 heterocycles. The third-order valence-electron chi connectivity index (χ3n) is 3.04. The van der Waals surface area contributed by atoms with Crippen molar-refractivity contribution in [1.29, 1.82) is 0 Å². The summed E-state index contributed by atoms with van der Waals surface area (Å²) >= 11 is 0. The molecule has 1 unspecified atom stereocenters. The summed E-state index contributed by atoms with van der Waals surface area (Å²) in [5.74, 6) is 1.49. The molecule has 0 amide bonds. The Balaban J connectivity index is 2.29. The maximum atomic E-state index is 9.21. The molecule has 1 aromatic rings. The first-order chi connectivity index (χ1) is 7.76. The molecule has 0 aliphatic heterocycles. The fraction of sp³-hybridized carbons (Fsp3) is 0.500. The summed E-state index contributed by atoms with van der Waals surface area (Å²) in [4.78, 5) is 0. The van der Waals surface area contributed by atoms with Gasteiger partial charge in [0, 0.05) is 5.92 Å². The quantitative estimate of drug-likeness (QED) is 0.825. The van der Waals surface area contributed by atoms with Crippen LogP contribution in [0.5, 0.6) is 5.75 Å². The SMILES string of the molecule is [CH2]C(CO)c1cc(C2CC2)ccc1OCC. The summed E-state index contributed by atoms with van der Waals surface area (Å²) < 4.78 is 5.56. The van der Waals surface area contributed by atoms with Crippen LogP contribution in [0, 0.1) is 6.92 Å². The van der Waals surface area contributed by atoms with Gasteiger partial charge < -0.3 is 9.84 Å². The molecule has 1 fully saturated rings. The van der Waals surface area contributed by atoms with Crippen LogP contribution in [0.3, 0.4) is 0 Å². The fourth-order valence-electron chi connectivity index (χ4n) is 1.94. The molecule has 0 saturated heterocycles. The van der Waals surface area contributed by atoms with Gasteiger partial charge in [-0.3, -0.25) is 0 Å². The fourth-order valence-corrected chi connectivity index (χ4v) is 1.94. The van der Waals surface area contributed by atoms with Crippen molar-refractivity contribution >= 4 is 0 Å². The maximum absolute atomic E-state index is 9.21. The summed E-state index contributed by atoms with van der Waals surface area (Å²) in [6, 6.07) is 6.30. The van der Waals surface area contributed by atoms with E-state index in [9.17, 15) is 5.11 Å². The van der Waals surface area contributed by atoms with Gasteiger partial charge in [-0.1, -0.05) is 12.1 Å². The van der Waals surface area contributed by atoms with Gasteiger partial charge in [0.15, 0.2) is 0 Å². The van der Waals surface area contributed by atoms with E-state index in [4.69, 9.17) is 4.74 Å². The molecule has 16 heavy (non-hydrogen) atoms. The smallest absolute Gasteiger partial charge is 0.122 e. The largest absolute Gasteiger partial charge is 0.494 e. The van der Waals surface area contributed by atoms with Gasteiger partial charge in [0.1, 0.15) is 5.75 Å². The Labute approximate surface area is 97.3 Å². The van der Waals surface area contributed by atoms with E-state index in [2.05, 4.69) is 19.1 Å². The van der Waals surface area contributed by atoms with E-state index >= 15 is 0 Å². The lowest BCUT2D eigenvalue weighted by Gasteiger charge is -2.16. The second-order valence-corrected chi connectivity index (χ2v) is 4.38. The molecule has 2 nitrogen and oxygen atoms in total. The van der Waals surface area contributed by atoms with Crippen LogP contribution in [0.25, 0.3) is 0 Å². The maximum Gasteiger partial charge on any atom is 0.122 e. The molecular formula is C14H19O2. The third kappa shape index (κ3) is 2.38. The van der Waals surface area contributed by atoms with Gasteiger partial charge in [0.25, 0.3) is 0 Å². The number of hydrogen-bond acceptors (Lipinski definition) is 2. The van der Waals surface area contributed by atoms with Crippen molar-refractivity contribution < 1.29 is 9.84 Å². The minimum atomic E-state index is -0.0970. The summed E-state index contributed by atoms with van der Waals surface area (Å²) in [5, 5.41) is 9.21. The molecule has 1 aromatic carbocycles. The van der Waals surface area contributed by atoms with Crippen LogP contribution in [0.4, 0.5) is 0 Å². The number of benzene rings is 1. The Bertz CT molecular complexity index is 356. The monoisotopic (exact) mass is 219 g/mol. The average Bonchev–Trinajstić information content (AvgIpc) is 3.13. The molecule has 1 aliphatic carbocycles. The predicted octanol–water partition coefficient (Wildman–Crippen LogP) is 2.87. The van der Waals surface area contributed by atoms with Crippen molar-refractivity contribution in [2.75, 3.05) is 13.2 Å². The Morgan fingerprint density at radius 1 is 1.50 bits per heavy atom. The molecule has 1 saturated carbocycles. The second kappa shape index (κ2) is 4.88. The predicted molar refractivity (Wildman–Crippen MR) is 64.8 cm³/mol. The van der Waals surface area contributed by atoms with Crippen molar-refractivity contribution in [3.63, 3.8) is 0 Å². The van der Waals surface area contributed by atoms with Crippen molar-refractivity contribution in [3.8, 4) is 5.75 Å². The van der Waals surface area contributed by atoms with E-state index in [0.29, 0.717) is 6.61 Å². The number of hydrogen-bond donors (Lipinski definition) is 1. The molecule has 0 aromatic heterocycles. The van der Waals surface area contributed by atoms with Gasteiger partial charge >= 0.3 is 0 Å². The van der Waals surface area contributed by atoms with Gasteiger partial charge in [0.05, 0.1) is 13.2 Å². The van der Waals surface area contributed by atoms with Crippen molar-refractivity contribution in [2.45, 2.75) is 31.6 Å². The topological polar surface area (TPSA) is 29.5 Å². The number of aliphatic hydroxyl groups is 1. The summed E-state index contributed by atoms with van der Waals surface area (Å²) in [6.45, 7) is 6.64. The Morgan fingerprint density at radius 3 is 2.81 bits per heavy atom. The highest BCUT2D eigenvalue weighted by Gasteiger charge is 2.25. The van der Waals surface area contributed by atoms with Crippen LogP contribution in [-0.2, 0) is 0 Å². The zero-order valence-electron chi connectivity index (χ0n) is 9.78. The molecule has 1 N–H and O–H groups in total. The van der Waals surface area contributed by atoms with E-state index in [0.717, 1.165) is 17.2 Å². The Hall–Kier alpha value is -1.02. The molecule has 2 rings (SSSR count). The van der Waals surface area contributed by atoms with Crippen molar-refractivity contribution in [1.82, 2.24) is 0 Å². The zero-order valence-corrected chi connectivity index (χ0v) is 9.78. The highest BCUT2D eigenvalue weighted by atomic mass is 16.5. The van der Waals surface area contributed by atoms with E-state index in [1.54, 1.807) is 0 Å². The van der Waals surface area contributed by atoms with E-state index < -0.39 is 0 Å². The molecule has 1 radical (unpaired) electrons. The van der Waals surface area contributed by atoms with Crippen LogP contribution in [-0.4, -0.2) is 18.3 Å². The molecule has 0 bridgehead atoms. The molecule has 2 heteroatoms. The average molecular weight is 219 g/mol. The van der Waals surface area contributed by atoms with Gasteiger partial charge in [-0.2, -0.15) is 0 Å². The molecule has 1 atom stereocenters. The Morgan fingerprint density at radius 2 is 2.25 bits per heavy atom.